The number of hydrogen-bond acceptors (Lipinski definition) is 1. The molecule has 0 aliphatic heterocycles. The predicted octanol–water partition coefficient (Wildman–Crippen LogP) is 4.15. The first-order chi connectivity index (χ1) is 7.93. The highest BCUT2D eigenvalue weighted by Crippen LogP contribution is 2.24. The summed E-state index contributed by atoms with van der Waals surface area (Å²) in [6, 6.07) is 4.56. The number of halogens is 1. The van der Waals surface area contributed by atoms with Crippen molar-refractivity contribution in [3.8, 4) is 0 Å². The molecule has 0 saturated heterocycles. The third-order valence-electron chi connectivity index (χ3n) is 2.73. The third kappa shape index (κ3) is 4.28. The molecule has 94 valence electrons. The largest absolute Gasteiger partial charge is 0.360 e. The van der Waals surface area contributed by atoms with Crippen molar-refractivity contribution in [2.45, 2.75) is 40.2 Å². The van der Waals surface area contributed by atoms with Crippen LogP contribution in [0.25, 0.3) is 0 Å². The van der Waals surface area contributed by atoms with Gasteiger partial charge in [-0.05, 0) is 62.7 Å². The zero-order valence-electron chi connectivity index (χ0n) is 10.7. The Bertz CT molecular complexity index is 395. The van der Waals surface area contributed by atoms with Crippen molar-refractivity contribution in [3.63, 3.8) is 0 Å². The van der Waals surface area contributed by atoms with Crippen molar-refractivity contribution < 1.29 is 0 Å². The SMILES string of the molecule is CC[C@H](C)NC(=S)Nc1c(C)cc(Br)cc1C. The van der Waals surface area contributed by atoms with Crippen molar-refractivity contribution in [1.29, 1.82) is 0 Å². The van der Waals surface area contributed by atoms with E-state index in [0.717, 1.165) is 16.6 Å². The van der Waals surface area contributed by atoms with E-state index >= 15 is 0 Å². The minimum absolute atomic E-state index is 0.395. The molecule has 0 unspecified atom stereocenters. The van der Waals surface area contributed by atoms with Crippen LogP contribution in [0, 0.1) is 13.8 Å². The maximum atomic E-state index is 5.30. The Kier molecular flexibility index (Phi) is 5.40. The summed E-state index contributed by atoms with van der Waals surface area (Å²) in [5.41, 5.74) is 3.46. The average Bonchev–Trinajstić information content (AvgIpc) is 2.23. The summed E-state index contributed by atoms with van der Waals surface area (Å²) in [6.07, 6.45) is 1.06. The Morgan fingerprint density at radius 1 is 1.35 bits per heavy atom. The van der Waals surface area contributed by atoms with Crippen LogP contribution in [0.15, 0.2) is 16.6 Å². The number of hydrogen-bond donors (Lipinski definition) is 2. The molecule has 2 nitrogen and oxygen atoms in total. The molecule has 0 aliphatic carbocycles. The molecule has 0 spiro atoms. The zero-order chi connectivity index (χ0) is 13.0. The highest BCUT2D eigenvalue weighted by molar-refractivity contribution is 9.10. The van der Waals surface area contributed by atoms with E-state index in [4.69, 9.17) is 12.2 Å². The van der Waals surface area contributed by atoms with Crippen LogP contribution >= 0.6 is 28.1 Å². The molecule has 0 saturated carbocycles. The van der Waals surface area contributed by atoms with Crippen LogP contribution in [0.1, 0.15) is 31.4 Å². The van der Waals surface area contributed by atoms with Crippen LogP contribution < -0.4 is 10.6 Å². The van der Waals surface area contributed by atoms with Gasteiger partial charge in [0.15, 0.2) is 5.11 Å². The summed E-state index contributed by atoms with van der Waals surface area (Å²) in [7, 11) is 0. The van der Waals surface area contributed by atoms with E-state index < -0.39 is 0 Å². The Balaban J connectivity index is 2.78. The molecule has 1 aromatic carbocycles. The van der Waals surface area contributed by atoms with Crippen LogP contribution in [0.2, 0.25) is 0 Å². The number of nitrogens with one attached hydrogen (secondary N) is 2. The lowest BCUT2D eigenvalue weighted by Crippen LogP contribution is -2.35. The van der Waals surface area contributed by atoms with Gasteiger partial charge in [-0.15, -0.1) is 0 Å². The summed E-state index contributed by atoms with van der Waals surface area (Å²) < 4.78 is 1.10. The van der Waals surface area contributed by atoms with Crippen molar-refractivity contribution in [3.05, 3.63) is 27.7 Å². The Labute approximate surface area is 117 Å². The molecule has 17 heavy (non-hydrogen) atoms. The average molecular weight is 315 g/mol. The highest BCUT2D eigenvalue weighted by Gasteiger charge is 2.07. The monoisotopic (exact) mass is 314 g/mol. The third-order valence-corrected chi connectivity index (χ3v) is 3.40. The molecule has 0 amide bonds. The quantitative estimate of drug-likeness (QED) is 0.819. The summed E-state index contributed by atoms with van der Waals surface area (Å²) >= 11 is 8.79. The number of anilines is 1. The second-order valence-electron chi connectivity index (χ2n) is 4.32. The molecule has 1 atom stereocenters. The number of thiocarbonyl (C=S) groups is 1. The van der Waals surface area contributed by atoms with Gasteiger partial charge in [0.25, 0.3) is 0 Å². The van der Waals surface area contributed by atoms with Crippen LogP contribution in [0.3, 0.4) is 0 Å². The van der Waals surface area contributed by atoms with Gasteiger partial charge < -0.3 is 10.6 Å². The standard InChI is InChI=1S/C13H19BrN2S/c1-5-10(4)15-13(17)16-12-8(2)6-11(14)7-9(12)3/h6-7,10H,5H2,1-4H3,(H2,15,16,17)/t10-/m0/s1. The Morgan fingerprint density at radius 3 is 2.35 bits per heavy atom. The van der Waals surface area contributed by atoms with E-state index in [1.807, 2.05) is 0 Å². The molecule has 0 aromatic heterocycles. The van der Waals surface area contributed by atoms with Crippen LogP contribution in [-0.2, 0) is 0 Å². The lowest BCUT2D eigenvalue weighted by atomic mass is 10.1. The van der Waals surface area contributed by atoms with Crippen molar-refractivity contribution in [2.24, 2.45) is 0 Å². The molecule has 0 fully saturated rings. The van der Waals surface area contributed by atoms with Gasteiger partial charge in [-0.1, -0.05) is 22.9 Å². The fraction of sp³-hybridized carbons (Fsp3) is 0.462. The van der Waals surface area contributed by atoms with Gasteiger partial charge in [0.2, 0.25) is 0 Å². The van der Waals surface area contributed by atoms with Gasteiger partial charge >= 0.3 is 0 Å². The number of aryl methyl sites for hydroxylation is 2. The number of rotatable bonds is 3. The molecule has 2 N–H and O–H groups in total. The summed E-state index contributed by atoms with van der Waals surface area (Å²) in [4.78, 5) is 0. The van der Waals surface area contributed by atoms with E-state index in [2.05, 4.69) is 66.4 Å². The molecule has 0 radical (unpaired) electrons. The molecule has 4 heteroatoms. The molecule has 0 aliphatic rings. The number of benzene rings is 1. The summed E-state index contributed by atoms with van der Waals surface area (Å²) in [6.45, 7) is 8.41. The van der Waals surface area contributed by atoms with E-state index in [0.29, 0.717) is 11.2 Å². The minimum Gasteiger partial charge on any atom is -0.360 e. The maximum Gasteiger partial charge on any atom is 0.170 e. The highest BCUT2D eigenvalue weighted by atomic mass is 79.9. The van der Waals surface area contributed by atoms with Crippen LogP contribution in [0.4, 0.5) is 5.69 Å². The van der Waals surface area contributed by atoms with Crippen molar-refractivity contribution in [1.82, 2.24) is 5.32 Å². The van der Waals surface area contributed by atoms with Gasteiger partial charge in [0.05, 0.1) is 0 Å². The van der Waals surface area contributed by atoms with Crippen molar-refractivity contribution in [2.75, 3.05) is 5.32 Å². The molecule has 0 bridgehead atoms. The minimum atomic E-state index is 0.395. The van der Waals surface area contributed by atoms with E-state index in [1.165, 1.54) is 11.1 Å². The molecule has 0 heterocycles. The van der Waals surface area contributed by atoms with E-state index in [-0.39, 0.29) is 0 Å². The summed E-state index contributed by atoms with van der Waals surface area (Å²) in [5.74, 6) is 0. The molecule has 1 rings (SSSR count). The van der Waals surface area contributed by atoms with Gasteiger partial charge in [0, 0.05) is 16.2 Å². The van der Waals surface area contributed by atoms with Gasteiger partial charge in [-0.2, -0.15) is 0 Å². The van der Waals surface area contributed by atoms with Crippen molar-refractivity contribution >= 4 is 38.9 Å². The zero-order valence-corrected chi connectivity index (χ0v) is 13.1. The maximum absolute atomic E-state index is 5.30. The normalized spacial score (nSPS) is 12.1. The van der Waals surface area contributed by atoms with E-state index in [9.17, 15) is 0 Å². The first-order valence-electron chi connectivity index (χ1n) is 5.78. The van der Waals surface area contributed by atoms with Gasteiger partial charge in [-0.25, -0.2) is 0 Å². The van der Waals surface area contributed by atoms with Crippen LogP contribution in [0.5, 0.6) is 0 Å². The second-order valence-corrected chi connectivity index (χ2v) is 5.65. The predicted molar refractivity (Wildman–Crippen MR) is 82.7 cm³/mol. The van der Waals surface area contributed by atoms with Crippen LogP contribution in [-0.4, -0.2) is 11.2 Å². The summed E-state index contributed by atoms with van der Waals surface area (Å²) in [5, 5.41) is 7.21. The first-order valence-corrected chi connectivity index (χ1v) is 6.98. The fourth-order valence-electron chi connectivity index (χ4n) is 1.58. The Hall–Kier alpha value is -0.610. The molecule has 1 aromatic rings. The molecular weight excluding hydrogens is 296 g/mol. The topological polar surface area (TPSA) is 24.1 Å². The van der Waals surface area contributed by atoms with E-state index in [1.54, 1.807) is 0 Å². The van der Waals surface area contributed by atoms with Gasteiger partial charge in [0.1, 0.15) is 0 Å². The fourth-order valence-corrected chi connectivity index (χ4v) is 2.57. The lowest BCUT2D eigenvalue weighted by Gasteiger charge is -2.18. The second kappa shape index (κ2) is 6.36. The Morgan fingerprint density at radius 2 is 1.88 bits per heavy atom. The molecular formula is C13H19BrN2S. The lowest BCUT2D eigenvalue weighted by molar-refractivity contribution is 0.646. The first kappa shape index (κ1) is 14.5. The van der Waals surface area contributed by atoms with Gasteiger partial charge in [-0.3, -0.25) is 0 Å². The smallest absolute Gasteiger partial charge is 0.170 e.